The SMILES string of the molecule is C/C(=N/NC(=O)c1cc([N+](=O)[O-])cc([N+](=O)[O-])c1)c1ccc([N+](=O)[O-])cc1. The number of non-ortho nitro benzene ring substituents is 3. The summed E-state index contributed by atoms with van der Waals surface area (Å²) in [6.45, 7) is 1.53. The summed E-state index contributed by atoms with van der Waals surface area (Å²) in [6, 6.07) is 7.91. The molecule has 0 radical (unpaired) electrons. The second-order valence-corrected chi connectivity index (χ2v) is 5.19. The van der Waals surface area contributed by atoms with E-state index in [1.165, 1.54) is 31.2 Å². The number of amides is 1. The molecule has 0 spiro atoms. The molecule has 12 nitrogen and oxygen atoms in total. The zero-order chi connectivity index (χ0) is 20.1. The molecule has 27 heavy (non-hydrogen) atoms. The molecule has 0 bridgehead atoms. The summed E-state index contributed by atoms with van der Waals surface area (Å²) in [7, 11) is 0. The van der Waals surface area contributed by atoms with E-state index >= 15 is 0 Å². The number of carbonyl (C=O) groups excluding carboxylic acids is 1. The van der Waals surface area contributed by atoms with Crippen molar-refractivity contribution < 1.29 is 19.6 Å². The predicted molar refractivity (Wildman–Crippen MR) is 92.5 cm³/mol. The first kappa shape index (κ1) is 19.1. The summed E-state index contributed by atoms with van der Waals surface area (Å²) < 4.78 is 0. The topological polar surface area (TPSA) is 171 Å². The lowest BCUT2D eigenvalue weighted by Gasteiger charge is -2.03. The predicted octanol–water partition coefficient (Wildman–Crippen LogP) is 2.57. The van der Waals surface area contributed by atoms with Crippen LogP contribution in [0.3, 0.4) is 0 Å². The summed E-state index contributed by atoms with van der Waals surface area (Å²) in [6.07, 6.45) is 0. The fourth-order valence-electron chi connectivity index (χ4n) is 2.03. The Morgan fingerprint density at radius 1 is 0.815 bits per heavy atom. The minimum atomic E-state index is -0.886. The second kappa shape index (κ2) is 7.77. The van der Waals surface area contributed by atoms with Crippen molar-refractivity contribution in [1.82, 2.24) is 5.43 Å². The lowest BCUT2D eigenvalue weighted by Crippen LogP contribution is -2.19. The van der Waals surface area contributed by atoms with Crippen LogP contribution in [-0.2, 0) is 0 Å². The Kier molecular flexibility index (Phi) is 5.50. The van der Waals surface area contributed by atoms with Gasteiger partial charge in [-0.05, 0) is 24.6 Å². The molecule has 0 unspecified atom stereocenters. The molecule has 0 saturated carbocycles. The largest absolute Gasteiger partial charge is 0.277 e. The van der Waals surface area contributed by atoms with Crippen molar-refractivity contribution in [2.75, 3.05) is 0 Å². The third kappa shape index (κ3) is 4.66. The molecular weight excluding hydrogens is 362 g/mol. The Bertz CT molecular complexity index is 937. The van der Waals surface area contributed by atoms with Crippen molar-refractivity contribution >= 4 is 28.7 Å². The lowest BCUT2D eigenvalue weighted by atomic mass is 10.1. The Labute approximate surface area is 150 Å². The van der Waals surface area contributed by atoms with Gasteiger partial charge in [0.1, 0.15) is 0 Å². The van der Waals surface area contributed by atoms with Crippen LogP contribution < -0.4 is 5.43 Å². The molecular formula is C15H11N5O7. The van der Waals surface area contributed by atoms with Crippen molar-refractivity contribution in [2.45, 2.75) is 6.92 Å². The van der Waals surface area contributed by atoms with E-state index < -0.39 is 32.1 Å². The van der Waals surface area contributed by atoms with E-state index in [0.717, 1.165) is 18.2 Å². The number of rotatable bonds is 6. The smallest absolute Gasteiger partial charge is 0.267 e. The minimum absolute atomic E-state index is 0.112. The van der Waals surface area contributed by atoms with Crippen LogP contribution in [0.4, 0.5) is 17.1 Å². The third-order valence-corrected chi connectivity index (χ3v) is 3.41. The van der Waals surface area contributed by atoms with Gasteiger partial charge in [0.25, 0.3) is 23.0 Å². The number of benzene rings is 2. The molecule has 12 heteroatoms. The number of hydrogen-bond acceptors (Lipinski definition) is 8. The molecule has 2 aromatic carbocycles. The quantitative estimate of drug-likeness (QED) is 0.460. The summed E-state index contributed by atoms with van der Waals surface area (Å²) in [4.78, 5) is 42.2. The summed E-state index contributed by atoms with van der Waals surface area (Å²) in [5.41, 5.74) is 1.30. The number of hydrogen-bond donors (Lipinski definition) is 1. The van der Waals surface area contributed by atoms with Gasteiger partial charge in [0.15, 0.2) is 0 Å². The first-order chi connectivity index (χ1) is 12.7. The van der Waals surface area contributed by atoms with E-state index in [9.17, 15) is 35.1 Å². The third-order valence-electron chi connectivity index (χ3n) is 3.41. The van der Waals surface area contributed by atoms with E-state index in [1.807, 2.05) is 0 Å². The van der Waals surface area contributed by atoms with E-state index in [2.05, 4.69) is 10.5 Å². The maximum absolute atomic E-state index is 12.1. The van der Waals surface area contributed by atoms with Crippen LogP contribution in [0, 0.1) is 30.3 Å². The Morgan fingerprint density at radius 2 is 1.30 bits per heavy atom. The highest BCUT2D eigenvalue weighted by molar-refractivity contribution is 6.01. The van der Waals surface area contributed by atoms with Crippen molar-refractivity contribution in [3.8, 4) is 0 Å². The molecule has 0 aliphatic carbocycles. The normalized spacial score (nSPS) is 10.9. The van der Waals surface area contributed by atoms with Gasteiger partial charge in [0.2, 0.25) is 0 Å². The van der Waals surface area contributed by atoms with E-state index in [4.69, 9.17) is 0 Å². The van der Waals surface area contributed by atoms with Crippen molar-refractivity contribution in [1.29, 1.82) is 0 Å². The second-order valence-electron chi connectivity index (χ2n) is 5.19. The lowest BCUT2D eigenvalue weighted by molar-refractivity contribution is -0.394. The first-order valence-electron chi connectivity index (χ1n) is 7.22. The molecule has 2 aromatic rings. The highest BCUT2D eigenvalue weighted by Gasteiger charge is 2.19. The average molecular weight is 373 g/mol. The van der Waals surface area contributed by atoms with Crippen LogP contribution in [0.5, 0.6) is 0 Å². The van der Waals surface area contributed by atoms with Gasteiger partial charge in [-0.15, -0.1) is 0 Å². The van der Waals surface area contributed by atoms with Gasteiger partial charge >= 0.3 is 0 Å². The average Bonchev–Trinajstić information content (AvgIpc) is 2.65. The number of nitrogens with zero attached hydrogens (tertiary/aromatic N) is 4. The molecule has 0 aliphatic heterocycles. The maximum Gasteiger partial charge on any atom is 0.277 e. The number of carbonyl (C=O) groups is 1. The summed E-state index contributed by atoms with van der Waals surface area (Å²) in [5.74, 6) is -0.886. The fraction of sp³-hybridized carbons (Fsp3) is 0.0667. The zero-order valence-corrected chi connectivity index (χ0v) is 13.7. The summed E-state index contributed by atoms with van der Waals surface area (Å²) >= 11 is 0. The maximum atomic E-state index is 12.1. The van der Waals surface area contributed by atoms with Crippen LogP contribution >= 0.6 is 0 Å². The molecule has 138 valence electrons. The number of nitro groups is 3. The molecule has 0 aliphatic rings. The van der Waals surface area contributed by atoms with Crippen LogP contribution in [0.2, 0.25) is 0 Å². The summed E-state index contributed by atoms with van der Waals surface area (Å²) in [5, 5.41) is 36.1. The number of hydrazone groups is 1. The zero-order valence-electron chi connectivity index (χ0n) is 13.7. The van der Waals surface area contributed by atoms with Gasteiger partial charge in [-0.25, -0.2) is 5.43 Å². The van der Waals surface area contributed by atoms with Gasteiger partial charge < -0.3 is 0 Å². The molecule has 0 fully saturated rings. The molecule has 0 saturated heterocycles. The van der Waals surface area contributed by atoms with Gasteiger partial charge in [0.05, 0.1) is 32.1 Å². The van der Waals surface area contributed by atoms with E-state index in [-0.39, 0.29) is 11.3 Å². The Morgan fingerprint density at radius 3 is 1.74 bits per heavy atom. The van der Waals surface area contributed by atoms with Crippen molar-refractivity contribution in [2.24, 2.45) is 5.10 Å². The number of nitro benzene ring substituents is 3. The van der Waals surface area contributed by atoms with Crippen LogP contribution in [0.15, 0.2) is 47.6 Å². The fourth-order valence-corrected chi connectivity index (χ4v) is 2.03. The molecule has 0 aromatic heterocycles. The Balaban J connectivity index is 2.23. The van der Waals surface area contributed by atoms with Gasteiger partial charge in [-0.3, -0.25) is 35.1 Å². The van der Waals surface area contributed by atoms with Gasteiger partial charge in [-0.2, -0.15) is 5.10 Å². The van der Waals surface area contributed by atoms with Crippen molar-refractivity contribution in [3.63, 3.8) is 0 Å². The molecule has 2 rings (SSSR count). The van der Waals surface area contributed by atoms with Crippen LogP contribution in [0.1, 0.15) is 22.8 Å². The van der Waals surface area contributed by atoms with Crippen molar-refractivity contribution in [3.05, 3.63) is 83.9 Å². The van der Waals surface area contributed by atoms with E-state index in [0.29, 0.717) is 11.3 Å². The monoisotopic (exact) mass is 373 g/mol. The number of nitrogens with one attached hydrogen (secondary N) is 1. The molecule has 1 N–H and O–H groups in total. The molecule has 1 amide bonds. The standard InChI is InChI=1S/C15H11N5O7/c1-9(10-2-4-12(5-3-10)18(22)23)16-17-15(21)11-6-13(19(24)25)8-14(7-11)20(26)27/h2-8H,1H3,(H,17,21)/b16-9-. The van der Waals surface area contributed by atoms with E-state index in [1.54, 1.807) is 0 Å². The molecule has 0 atom stereocenters. The van der Waals surface area contributed by atoms with Crippen LogP contribution in [0.25, 0.3) is 0 Å². The van der Waals surface area contributed by atoms with Crippen LogP contribution in [-0.4, -0.2) is 26.4 Å². The highest BCUT2D eigenvalue weighted by atomic mass is 16.6. The first-order valence-corrected chi connectivity index (χ1v) is 7.22. The van der Waals surface area contributed by atoms with Gasteiger partial charge in [0, 0.05) is 24.3 Å². The van der Waals surface area contributed by atoms with Gasteiger partial charge in [-0.1, -0.05) is 0 Å². The minimum Gasteiger partial charge on any atom is -0.267 e. The highest BCUT2D eigenvalue weighted by Crippen LogP contribution is 2.22. The molecule has 0 heterocycles. The Hall–Kier alpha value is -4.22.